The number of ether oxygens (including phenoxy) is 1. The van der Waals surface area contributed by atoms with Gasteiger partial charge in [0.1, 0.15) is 0 Å². The molecule has 0 radical (unpaired) electrons. The number of hydrogen-bond acceptors (Lipinski definition) is 7. The first-order chi connectivity index (χ1) is 14.6. The Morgan fingerprint density at radius 1 is 1.17 bits per heavy atom. The summed E-state index contributed by atoms with van der Waals surface area (Å²) in [6, 6.07) is 12.1. The summed E-state index contributed by atoms with van der Waals surface area (Å²) < 4.78 is 32.7. The number of nitrogens with one attached hydrogen (secondary N) is 1. The first kappa shape index (κ1) is 20.4. The van der Waals surface area contributed by atoms with E-state index in [1.54, 1.807) is 54.3 Å². The minimum Gasteiger partial charge on any atom is -0.383 e. The summed E-state index contributed by atoms with van der Waals surface area (Å²) in [6.45, 7) is 0.925. The van der Waals surface area contributed by atoms with Gasteiger partial charge < -0.3 is 10.1 Å². The normalized spacial score (nSPS) is 17.2. The van der Waals surface area contributed by atoms with Crippen molar-refractivity contribution in [2.24, 2.45) is 0 Å². The number of pyridine rings is 1. The van der Waals surface area contributed by atoms with Crippen molar-refractivity contribution in [1.29, 1.82) is 0 Å². The topological polar surface area (TPSA) is 97.3 Å². The maximum absolute atomic E-state index is 13.0. The maximum atomic E-state index is 13.0. The van der Waals surface area contributed by atoms with Crippen molar-refractivity contribution < 1.29 is 13.2 Å². The molecule has 0 bridgehead atoms. The number of nitrogens with zero attached hydrogens (tertiary/aromatic N) is 4. The molecule has 1 aromatic carbocycles. The molecule has 1 aliphatic rings. The lowest BCUT2D eigenvalue weighted by Gasteiger charge is -2.23. The van der Waals surface area contributed by atoms with Crippen molar-refractivity contribution in [3.63, 3.8) is 0 Å². The van der Waals surface area contributed by atoms with E-state index < -0.39 is 10.0 Å². The Morgan fingerprint density at radius 2 is 2.00 bits per heavy atom. The molecular formula is C21H23N5O3S. The van der Waals surface area contributed by atoms with Crippen LogP contribution in [0.1, 0.15) is 12.8 Å². The third-order valence-electron chi connectivity index (χ3n) is 5.01. The number of anilines is 2. The van der Waals surface area contributed by atoms with Crippen molar-refractivity contribution in [3.8, 4) is 11.3 Å². The van der Waals surface area contributed by atoms with Crippen LogP contribution in [0.5, 0.6) is 0 Å². The van der Waals surface area contributed by atoms with E-state index >= 15 is 0 Å². The highest BCUT2D eigenvalue weighted by Crippen LogP contribution is 2.27. The molecule has 1 fully saturated rings. The van der Waals surface area contributed by atoms with E-state index in [0.717, 1.165) is 24.1 Å². The van der Waals surface area contributed by atoms with Crippen LogP contribution in [0.15, 0.2) is 66.0 Å². The van der Waals surface area contributed by atoms with Crippen molar-refractivity contribution in [2.75, 3.05) is 25.6 Å². The summed E-state index contributed by atoms with van der Waals surface area (Å²) in [6.07, 6.45) is 6.77. The largest absolute Gasteiger partial charge is 0.383 e. The van der Waals surface area contributed by atoms with Gasteiger partial charge in [-0.15, -0.1) is 0 Å². The lowest BCUT2D eigenvalue weighted by atomic mass is 10.2. The highest BCUT2D eigenvalue weighted by atomic mass is 32.2. The quantitative estimate of drug-likeness (QED) is 0.621. The highest BCUT2D eigenvalue weighted by molar-refractivity contribution is 7.89. The van der Waals surface area contributed by atoms with E-state index in [1.807, 2.05) is 18.2 Å². The molecule has 4 rings (SSSR count). The zero-order valence-corrected chi connectivity index (χ0v) is 17.4. The zero-order valence-electron chi connectivity index (χ0n) is 16.6. The monoisotopic (exact) mass is 425 g/mol. The Kier molecular flexibility index (Phi) is 6.03. The van der Waals surface area contributed by atoms with Crippen molar-refractivity contribution in [2.45, 2.75) is 23.8 Å². The van der Waals surface area contributed by atoms with Crippen LogP contribution in [-0.2, 0) is 14.8 Å². The lowest BCUT2D eigenvalue weighted by Crippen LogP contribution is -2.38. The number of benzene rings is 1. The summed E-state index contributed by atoms with van der Waals surface area (Å²) >= 11 is 0. The van der Waals surface area contributed by atoms with Gasteiger partial charge in [-0.25, -0.2) is 18.4 Å². The predicted molar refractivity (Wildman–Crippen MR) is 114 cm³/mol. The summed E-state index contributed by atoms with van der Waals surface area (Å²) in [5.74, 6) is 0.423. The molecule has 1 saturated heterocycles. The van der Waals surface area contributed by atoms with Gasteiger partial charge in [-0.2, -0.15) is 4.31 Å². The van der Waals surface area contributed by atoms with Crippen molar-refractivity contribution in [3.05, 3.63) is 61.1 Å². The van der Waals surface area contributed by atoms with Crippen LogP contribution in [0.3, 0.4) is 0 Å². The van der Waals surface area contributed by atoms with Gasteiger partial charge in [0.2, 0.25) is 16.0 Å². The minimum absolute atomic E-state index is 0.110. The number of methoxy groups -OCH3 is 1. The van der Waals surface area contributed by atoms with Gasteiger partial charge in [0, 0.05) is 49.5 Å². The average Bonchev–Trinajstić information content (AvgIpc) is 3.25. The minimum atomic E-state index is -3.56. The zero-order chi connectivity index (χ0) is 21.0. The Balaban J connectivity index is 1.51. The molecule has 1 unspecified atom stereocenters. The molecule has 0 aliphatic carbocycles. The van der Waals surface area contributed by atoms with Crippen LogP contribution < -0.4 is 5.32 Å². The summed E-state index contributed by atoms with van der Waals surface area (Å²) in [5, 5.41) is 3.12. The number of aromatic nitrogens is 3. The fourth-order valence-electron chi connectivity index (χ4n) is 3.55. The van der Waals surface area contributed by atoms with E-state index in [0.29, 0.717) is 24.8 Å². The Hall–Kier alpha value is -2.88. The molecule has 3 aromatic rings. The molecule has 2 aromatic heterocycles. The Morgan fingerprint density at radius 3 is 2.73 bits per heavy atom. The van der Waals surface area contributed by atoms with Crippen LogP contribution in [0.4, 0.5) is 11.6 Å². The van der Waals surface area contributed by atoms with Crippen LogP contribution in [-0.4, -0.2) is 54.0 Å². The van der Waals surface area contributed by atoms with Gasteiger partial charge in [-0.1, -0.05) is 0 Å². The molecule has 1 atom stereocenters. The second-order valence-corrected chi connectivity index (χ2v) is 8.91. The summed E-state index contributed by atoms with van der Waals surface area (Å²) in [5.41, 5.74) is 2.34. The van der Waals surface area contributed by atoms with Crippen molar-refractivity contribution >= 4 is 21.7 Å². The van der Waals surface area contributed by atoms with Gasteiger partial charge in [-0.3, -0.25) is 4.98 Å². The van der Waals surface area contributed by atoms with Gasteiger partial charge in [0.25, 0.3) is 0 Å². The van der Waals surface area contributed by atoms with Crippen LogP contribution in [0.2, 0.25) is 0 Å². The van der Waals surface area contributed by atoms with E-state index in [1.165, 1.54) is 0 Å². The molecule has 0 amide bonds. The molecular weight excluding hydrogens is 402 g/mol. The number of rotatable bonds is 7. The fourth-order valence-corrected chi connectivity index (χ4v) is 5.23. The van der Waals surface area contributed by atoms with E-state index in [4.69, 9.17) is 4.74 Å². The molecule has 0 spiro atoms. The summed E-state index contributed by atoms with van der Waals surface area (Å²) in [7, 11) is -1.96. The van der Waals surface area contributed by atoms with Gasteiger partial charge in [0.05, 0.1) is 17.2 Å². The molecule has 1 aliphatic heterocycles. The first-order valence-corrected chi connectivity index (χ1v) is 11.1. The summed E-state index contributed by atoms with van der Waals surface area (Å²) in [4.78, 5) is 13.1. The Labute approximate surface area is 176 Å². The lowest BCUT2D eigenvalue weighted by molar-refractivity contribution is 0.149. The molecule has 1 N–H and O–H groups in total. The fraction of sp³-hybridized carbons (Fsp3) is 0.286. The number of sulfonamides is 1. The molecule has 8 nitrogen and oxygen atoms in total. The van der Waals surface area contributed by atoms with Crippen LogP contribution in [0, 0.1) is 0 Å². The van der Waals surface area contributed by atoms with E-state index in [-0.39, 0.29) is 10.9 Å². The molecule has 30 heavy (non-hydrogen) atoms. The molecule has 9 heteroatoms. The number of hydrogen-bond donors (Lipinski definition) is 1. The highest BCUT2D eigenvalue weighted by Gasteiger charge is 2.35. The molecule has 3 heterocycles. The van der Waals surface area contributed by atoms with Gasteiger partial charge in [0.15, 0.2) is 0 Å². The predicted octanol–water partition coefficient (Wildman–Crippen LogP) is 3.08. The molecule has 156 valence electrons. The van der Waals surface area contributed by atoms with Crippen LogP contribution >= 0.6 is 0 Å². The standard InChI is InChI=1S/C21H23N5O3S/c1-29-15-18-5-3-13-26(18)30(27,28)19-8-6-17(7-9-19)24-21-23-12-10-20(25-21)16-4-2-11-22-14-16/h2,4,6-12,14,18H,3,5,13,15H2,1H3,(H,23,24,25). The smallest absolute Gasteiger partial charge is 0.243 e. The van der Waals surface area contributed by atoms with E-state index in [2.05, 4.69) is 20.3 Å². The van der Waals surface area contributed by atoms with Crippen molar-refractivity contribution in [1.82, 2.24) is 19.3 Å². The third-order valence-corrected chi connectivity index (χ3v) is 6.98. The average molecular weight is 426 g/mol. The van der Waals surface area contributed by atoms with Gasteiger partial charge in [-0.05, 0) is 55.3 Å². The first-order valence-electron chi connectivity index (χ1n) is 9.69. The molecule has 0 saturated carbocycles. The van der Waals surface area contributed by atoms with E-state index in [9.17, 15) is 8.42 Å². The SMILES string of the molecule is COCC1CCCN1S(=O)(=O)c1ccc(Nc2nccc(-c3cccnc3)n2)cc1. The van der Waals surface area contributed by atoms with Gasteiger partial charge >= 0.3 is 0 Å². The second kappa shape index (κ2) is 8.86. The second-order valence-electron chi connectivity index (χ2n) is 7.02. The maximum Gasteiger partial charge on any atom is 0.243 e. The van der Waals surface area contributed by atoms with Crippen LogP contribution in [0.25, 0.3) is 11.3 Å². The Bertz CT molecular complexity index is 1090. The third kappa shape index (κ3) is 4.33.